The molecule has 4 atom stereocenters. The minimum Gasteiger partial charge on any atom is -0.503 e. The third kappa shape index (κ3) is 8.83. The van der Waals surface area contributed by atoms with Gasteiger partial charge in [-0.1, -0.05) is 13.8 Å². The summed E-state index contributed by atoms with van der Waals surface area (Å²) in [7, 11) is 1.25. The van der Waals surface area contributed by atoms with E-state index in [4.69, 9.17) is 23.7 Å². The summed E-state index contributed by atoms with van der Waals surface area (Å²) in [5, 5.41) is 12.5. The molecule has 1 aliphatic rings. The Morgan fingerprint density at radius 3 is 2.38 bits per heavy atom. The highest BCUT2D eigenvalue weighted by Crippen LogP contribution is 2.30. The Hall–Kier alpha value is -4.89. The van der Waals surface area contributed by atoms with Crippen molar-refractivity contribution in [2.24, 2.45) is 11.8 Å². The number of amides is 1. The van der Waals surface area contributed by atoms with Crippen LogP contribution in [-0.2, 0) is 39.5 Å². The van der Waals surface area contributed by atoms with Crippen molar-refractivity contribution in [1.82, 2.24) is 10.3 Å². The summed E-state index contributed by atoms with van der Waals surface area (Å²) in [4.78, 5) is 67.8. The monoisotopic (exact) mass is 640 g/mol. The maximum absolute atomic E-state index is 13.2. The van der Waals surface area contributed by atoms with Crippen LogP contribution in [0, 0.1) is 11.8 Å². The van der Waals surface area contributed by atoms with E-state index in [0.717, 1.165) is 12.1 Å². The van der Waals surface area contributed by atoms with E-state index >= 15 is 0 Å². The molecule has 0 aliphatic carbocycles. The Kier molecular flexibility index (Phi) is 11.3. The molecular weight excluding hydrogens is 609 g/mol. The lowest BCUT2D eigenvalue weighted by molar-refractivity contribution is -0.177. The van der Waals surface area contributed by atoms with Gasteiger partial charge in [0.1, 0.15) is 18.6 Å². The van der Waals surface area contributed by atoms with E-state index in [2.05, 4.69) is 10.3 Å². The Balaban J connectivity index is 1.78. The van der Waals surface area contributed by atoms with Crippen molar-refractivity contribution >= 4 is 29.8 Å². The standard InChI is InChI=1S/C29H31F3N2O11/c1-14(2)25(37)45-23-15(3)44-28(40)19(34-24(36)21-22(35)20(41-4)9-11-33-21)13-43-27(39)18(23)10-12-42-26(38)16-5-7-17(8-6-16)29(30,31)32/h5-9,11,14-15,18-19,23,35H,10,12-13H2,1-4H3,(H,34,36). The number of rotatable bonds is 9. The molecule has 0 saturated carbocycles. The number of carbonyl (C=O) groups is 5. The van der Waals surface area contributed by atoms with Crippen molar-refractivity contribution in [3.63, 3.8) is 0 Å². The molecule has 1 amide bonds. The third-order valence-corrected chi connectivity index (χ3v) is 6.60. The molecule has 13 nitrogen and oxygen atoms in total. The first-order valence-electron chi connectivity index (χ1n) is 13.6. The van der Waals surface area contributed by atoms with Gasteiger partial charge in [0.25, 0.3) is 5.91 Å². The van der Waals surface area contributed by atoms with Crippen LogP contribution in [0.25, 0.3) is 0 Å². The van der Waals surface area contributed by atoms with Crippen molar-refractivity contribution in [3.8, 4) is 11.5 Å². The molecule has 3 rings (SSSR count). The van der Waals surface area contributed by atoms with Crippen LogP contribution in [-0.4, -0.2) is 78.4 Å². The van der Waals surface area contributed by atoms with E-state index in [-0.39, 0.29) is 17.7 Å². The number of esters is 4. The number of alkyl halides is 3. The number of benzene rings is 1. The van der Waals surface area contributed by atoms with E-state index in [9.17, 15) is 42.3 Å². The maximum Gasteiger partial charge on any atom is 0.416 e. The third-order valence-electron chi connectivity index (χ3n) is 6.60. The summed E-state index contributed by atoms with van der Waals surface area (Å²) < 4.78 is 64.8. The number of nitrogens with zero attached hydrogens (tertiary/aromatic N) is 1. The fraction of sp³-hybridized carbons (Fsp3) is 0.448. The fourth-order valence-electron chi connectivity index (χ4n) is 4.12. The number of ether oxygens (including phenoxy) is 5. The molecule has 1 aromatic heterocycles. The molecule has 2 N–H and O–H groups in total. The van der Waals surface area contributed by atoms with Crippen molar-refractivity contribution in [2.45, 2.75) is 51.6 Å². The number of cyclic esters (lactones) is 2. The zero-order valence-corrected chi connectivity index (χ0v) is 24.6. The van der Waals surface area contributed by atoms with Gasteiger partial charge in [-0.3, -0.25) is 14.4 Å². The second-order valence-corrected chi connectivity index (χ2v) is 10.2. The largest absolute Gasteiger partial charge is 0.503 e. The fourth-order valence-corrected chi connectivity index (χ4v) is 4.12. The highest BCUT2D eigenvalue weighted by atomic mass is 19.4. The zero-order valence-electron chi connectivity index (χ0n) is 24.6. The highest BCUT2D eigenvalue weighted by Gasteiger charge is 2.42. The lowest BCUT2D eigenvalue weighted by Crippen LogP contribution is -2.46. The molecule has 244 valence electrons. The molecular formula is C29H31F3N2O11. The predicted octanol–water partition coefficient (Wildman–Crippen LogP) is 2.83. The number of pyridine rings is 1. The van der Waals surface area contributed by atoms with Crippen LogP contribution < -0.4 is 10.1 Å². The topological polar surface area (TPSA) is 177 Å². The van der Waals surface area contributed by atoms with Gasteiger partial charge in [0.2, 0.25) is 0 Å². The quantitative estimate of drug-likeness (QED) is 0.303. The Labute approximate surface area is 254 Å². The average Bonchev–Trinajstić information content (AvgIpc) is 3.02. The first kappa shape index (κ1) is 34.6. The van der Waals surface area contributed by atoms with Gasteiger partial charge in [0.05, 0.1) is 30.8 Å². The molecule has 1 saturated heterocycles. The molecule has 1 fully saturated rings. The summed E-state index contributed by atoms with van der Waals surface area (Å²) in [6, 6.07) is 3.01. The van der Waals surface area contributed by atoms with Gasteiger partial charge in [0, 0.05) is 12.3 Å². The van der Waals surface area contributed by atoms with Crippen molar-refractivity contribution in [3.05, 3.63) is 53.3 Å². The van der Waals surface area contributed by atoms with Crippen LogP contribution in [0.15, 0.2) is 36.5 Å². The number of methoxy groups -OCH3 is 1. The Morgan fingerprint density at radius 1 is 1.11 bits per heavy atom. The summed E-state index contributed by atoms with van der Waals surface area (Å²) in [5.41, 5.74) is -1.63. The van der Waals surface area contributed by atoms with Gasteiger partial charge in [-0.25, -0.2) is 14.6 Å². The number of carbonyl (C=O) groups excluding carboxylic acids is 5. The maximum atomic E-state index is 13.2. The summed E-state index contributed by atoms with van der Waals surface area (Å²) in [6.07, 6.45) is -6.41. The SMILES string of the molecule is COc1ccnc(C(=O)NC2COC(=O)C(CCOC(=O)c3ccc(C(F)(F)F)cc3)C(OC(=O)C(C)C)C(C)OC2=O)c1O. The minimum absolute atomic E-state index is 0.0658. The molecule has 2 heterocycles. The molecule has 4 unspecified atom stereocenters. The predicted molar refractivity (Wildman–Crippen MR) is 145 cm³/mol. The normalized spacial score (nSPS) is 20.5. The van der Waals surface area contributed by atoms with Gasteiger partial charge in [-0.15, -0.1) is 0 Å². The molecule has 1 aliphatic heterocycles. The molecule has 2 aromatic rings. The van der Waals surface area contributed by atoms with Crippen LogP contribution in [0.5, 0.6) is 11.5 Å². The summed E-state index contributed by atoms with van der Waals surface area (Å²) >= 11 is 0. The lowest BCUT2D eigenvalue weighted by atomic mass is 9.94. The molecule has 16 heteroatoms. The number of hydrogen-bond acceptors (Lipinski definition) is 12. The zero-order chi connectivity index (χ0) is 33.5. The Bertz CT molecular complexity index is 1410. The van der Waals surface area contributed by atoms with Gasteiger partial charge in [-0.2, -0.15) is 13.2 Å². The number of aromatic nitrogens is 1. The van der Waals surface area contributed by atoms with E-state index < -0.39 is 96.3 Å². The first-order valence-corrected chi connectivity index (χ1v) is 13.6. The minimum atomic E-state index is -4.60. The first-order chi connectivity index (χ1) is 21.1. The van der Waals surface area contributed by atoms with Crippen molar-refractivity contribution < 1.29 is 65.9 Å². The van der Waals surface area contributed by atoms with E-state index in [1.807, 2.05) is 0 Å². The van der Waals surface area contributed by atoms with Crippen LogP contribution in [0.2, 0.25) is 0 Å². The number of hydrogen-bond donors (Lipinski definition) is 2. The van der Waals surface area contributed by atoms with Gasteiger partial charge >= 0.3 is 30.1 Å². The van der Waals surface area contributed by atoms with E-state index in [0.29, 0.717) is 12.1 Å². The van der Waals surface area contributed by atoms with Crippen LogP contribution >= 0.6 is 0 Å². The Morgan fingerprint density at radius 2 is 1.78 bits per heavy atom. The second-order valence-electron chi connectivity index (χ2n) is 10.2. The summed E-state index contributed by atoms with van der Waals surface area (Å²) in [5.74, 6) is -7.46. The van der Waals surface area contributed by atoms with E-state index in [1.54, 1.807) is 0 Å². The molecule has 0 bridgehead atoms. The molecule has 0 spiro atoms. The van der Waals surface area contributed by atoms with Gasteiger partial charge < -0.3 is 34.1 Å². The van der Waals surface area contributed by atoms with Crippen LogP contribution in [0.1, 0.15) is 53.6 Å². The highest BCUT2D eigenvalue weighted by molar-refractivity contribution is 5.98. The number of halogens is 3. The van der Waals surface area contributed by atoms with Crippen molar-refractivity contribution in [1.29, 1.82) is 0 Å². The van der Waals surface area contributed by atoms with Gasteiger partial charge in [0.15, 0.2) is 29.3 Å². The average molecular weight is 641 g/mol. The van der Waals surface area contributed by atoms with Gasteiger partial charge in [-0.05, 0) is 37.6 Å². The van der Waals surface area contributed by atoms with Crippen molar-refractivity contribution in [2.75, 3.05) is 20.3 Å². The summed E-state index contributed by atoms with van der Waals surface area (Å²) in [6.45, 7) is 3.21. The molecule has 1 aromatic carbocycles. The van der Waals surface area contributed by atoms with E-state index in [1.165, 1.54) is 40.1 Å². The smallest absolute Gasteiger partial charge is 0.416 e. The number of aromatic hydroxyl groups is 1. The number of nitrogens with one attached hydrogen (secondary N) is 1. The molecule has 45 heavy (non-hydrogen) atoms. The van der Waals surface area contributed by atoms with Crippen LogP contribution in [0.4, 0.5) is 13.2 Å². The lowest BCUT2D eigenvalue weighted by Gasteiger charge is -2.29. The van der Waals surface area contributed by atoms with Crippen LogP contribution in [0.3, 0.4) is 0 Å². The molecule has 0 radical (unpaired) electrons. The second kappa shape index (κ2) is 14.7.